The van der Waals surface area contributed by atoms with Crippen LogP contribution in [0, 0.1) is 5.92 Å². The van der Waals surface area contributed by atoms with Crippen molar-refractivity contribution in [2.45, 2.75) is 38.8 Å². The Morgan fingerprint density at radius 1 is 1.07 bits per heavy atom. The van der Waals surface area contributed by atoms with Crippen LogP contribution < -0.4 is 10.6 Å². The molecule has 1 atom stereocenters. The first-order valence-electron chi connectivity index (χ1n) is 10.0. The third kappa shape index (κ3) is 4.32. The van der Waals surface area contributed by atoms with Gasteiger partial charge in [-0.2, -0.15) is 0 Å². The van der Waals surface area contributed by atoms with Crippen molar-refractivity contribution >= 4 is 23.6 Å². The molecule has 2 aliphatic rings. The van der Waals surface area contributed by atoms with Gasteiger partial charge in [0.2, 0.25) is 11.8 Å². The molecule has 4 amide bonds. The number of fused-ring (bicyclic) bond motifs is 1. The van der Waals surface area contributed by atoms with E-state index in [2.05, 4.69) is 10.6 Å². The topological polar surface area (TPSA) is 98.8 Å². The average molecular weight is 400 g/mol. The van der Waals surface area contributed by atoms with Gasteiger partial charge >= 0.3 is 0 Å². The number of carbonyl (C=O) groups excluding carboxylic acids is 4. The molecule has 8 nitrogen and oxygen atoms in total. The van der Waals surface area contributed by atoms with Crippen molar-refractivity contribution < 1.29 is 19.2 Å². The lowest BCUT2D eigenvalue weighted by Crippen LogP contribution is -2.55. The Morgan fingerprint density at radius 2 is 1.62 bits per heavy atom. The summed E-state index contributed by atoms with van der Waals surface area (Å²) in [5.74, 6) is -1.39. The zero-order chi connectivity index (χ0) is 21.1. The van der Waals surface area contributed by atoms with Crippen LogP contribution in [-0.4, -0.2) is 72.2 Å². The summed E-state index contributed by atoms with van der Waals surface area (Å²) in [5, 5.41) is 5.63. The first kappa shape index (κ1) is 21.0. The number of hydrogen-bond acceptors (Lipinski definition) is 5. The molecule has 3 rings (SSSR count). The number of benzene rings is 1. The third-order valence-corrected chi connectivity index (χ3v) is 5.58. The number of carbonyl (C=O) groups is 4. The summed E-state index contributed by atoms with van der Waals surface area (Å²) in [5.41, 5.74) is 0.692. The zero-order valence-corrected chi connectivity index (χ0v) is 17.1. The highest BCUT2D eigenvalue weighted by Crippen LogP contribution is 2.27. The minimum atomic E-state index is -0.855. The molecule has 156 valence electrons. The lowest BCUT2D eigenvalue weighted by Gasteiger charge is -2.34. The maximum atomic E-state index is 13.1. The molecular weight excluding hydrogens is 372 g/mol. The number of likely N-dealkylation sites (tertiary alicyclic amines) is 1. The third-order valence-electron chi connectivity index (χ3n) is 5.58. The number of nitrogens with zero attached hydrogens (tertiary/aromatic N) is 2. The smallest absolute Gasteiger partial charge is 0.262 e. The lowest BCUT2D eigenvalue weighted by molar-refractivity contribution is -0.127. The van der Waals surface area contributed by atoms with Gasteiger partial charge < -0.3 is 10.6 Å². The molecule has 1 fully saturated rings. The fourth-order valence-electron chi connectivity index (χ4n) is 3.98. The van der Waals surface area contributed by atoms with Gasteiger partial charge in [-0.3, -0.25) is 29.0 Å². The molecule has 0 radical (unpaired) electrons. The Hall–Kier alpha value is -2.74. The molecule has 0 bridgehead atoms. The van der Waals surface area contributed by atoms with Gasteiger partial charge in [-0.25, -0.2) is 0 Å². The maximum absolute atomic E-state index is 13.1. The molecule has 0 spiro atoms. The molecule has 1 saturated heterocycles. The van der Waals surface area contributed by atoms with Crippen LogP contribution in [0.15, 0.2) is 24.3 Å². The van der Waals surface area contributed by atoms with Gasteiger partial charge in [0, 0.05) is 26.2 Å². The number of imide groups is 1. The van der Waals surface area contributed by atoms with E-state index in [4.69, 9.17) is 0 Å². The van der Waals surface area contributed by atoms with E-state index in [1.807, 2.05) is 18.7 Å². The average Bonchev–Trinajstić information content (AvgIpc) is 2.95. The summed E-state index contributed by atoms with van der Waals surface area (Å²) in [6.07, 6.45) is 1.44. The largest absolute Gasteiger partial charge is 0.358 e. The Balaban J connectivity index is 1.65. The normalized spacial score (nSPS) is 18.7. The second-order valence-corrected chi connectivity index (χ2v) is 7.95. The van der Waals surface area contributed by atoms with Crippen molar-refractivity contribution in [3.8, 4) is 0 Å². The first-order chi connectivity index (χ1) is 13.8. The molecule has 1 unspecified atom stereocenters. The van der Waals surface area contributed by atoms with Gasteiger partial charge in [-0.1, -0.05) is 26.0 Å². The monoisotopic (exact) mass is 400 g/mol. The predicted octanol–water partition coefficient (Wildman–Crippen LogP) is 0.634. The number of rotatable bonds is 6. The van der Waals surface area contributed by atoms with E-state index in [1.54, 1.807) is 31.3 Å². The molecule has 1 aromatic rings. The Bertz CT molecular complexity index is 780. The molecule has 29 heavy (non-hydrogen) atoms. The van der Waals surface area contributed by atoms with E-state index in [0.717, 1.165) is 17.7 Å². The quantitative estimate of drug-likeness (QED) is 0.683. The van der Waals surface area contributed by atoms with Gasteiger partial charge in [-0.05, 0) is 30.9 Å². The first-order valence-corrected chi connectivity index (χ1v) is 10.0. The number of likely N-dealkylation sites (N-methyl/N-ethyl adjacent to an activating group) is 1. The highest BCUT2D eigenvalue weighted by molar-refractivity contribution is 6.22. The SMILES string of the molecule is CNC(=O)CN1CCC(NC(=O)C(C(C)C)N2C(=O)c3ccccc3C2=O)CC1. The van der Waals surface area contributed by atoms with E-state index < -0.39 is 17.9 Å². The number of amides is 4. The van der Waals surface area contributed by atoms with Crippen molar-refractivity contribution in [1.82, 2.24) is 20.4 Å². The lowest BCUT2D eigenvalue weighted by atomic mass is 9.99. The van der Waals surface area contributed by atoms with E-state index in [0.29, 0.717) is 30.8 Å². The minimum Gasteiger partial charge on any atom is -0.358 e. The van der Waals surface area contributed by atoms with E-state index >= 15 is 0 Å². The van der Waals surface area contributed by atoms with Crippen LogP contribution in [0.4, 0.5) is 0 Å². The van der Waals surface area contributed by atoms with Crippen LogP contribution in [0.25, 0.3) is 0 Å². The van der Waals surface area contributed by atoms with Gasteiger partial charge in [-0.15, -0.1) is 0 Å². The summed E-state index contributed by atoms with van der Waals surface area (Å²) in [7, 11) is 1.61. The summed E-state index contributed by atoms with van der Waals surface area (Å²) >= 11 is 0. The maximum Gasteiger partial charge on any atom is 0.262 e. The van der Waals surface area contributed by atoms with Gasteiger partial charge in [0.15, 0.2) is 0 Å². The molecule has 2 aliphatic heterocycles. The molecule has 0 aliphatic carbocycles. The van der Waals surface area contributed by atoms with Crippen molar-refractivity contribution in [3.05, 3.63) is 35.4 Å². The van der Waals surface area contributed by atoms with Crippen LogP contribution in [-0.2, 0) is 9.59 Å². The standard InChI is InChI=1S/C21H28N4O4/c1-13(2)18(25-20(28)15-6-4-5-7-16(15)21(25)29)19(27)23-14-8-10-24(11-9-14)12-17(26)22-3/h4-7,13-14,18H,8-12H2,1-3H3,(H,22,26)(H,23,27). The van der Waals surface area contributed by atoms with Crippen molar-refractivity contribution in [2.75, 3.05) is 26.7 Å². The fraction of sp³-hybridized carbons (Fsp3) is 0.524. The summed E-state index contributed by atoms with van der Waals surface area (Å²) in [6, 6.07) is 5.76. The van der Waals surface area contributed by atoms with Crippen LogP contribution >= 0.6 is 0 Å². The summed E-state index contributed by atoms with van der Waals surface area (Å²) in [6.45, 7) is 5.43. The van der Waals surface area contributed by atoms with E-state index in [-0.39, 0.29) is 23.8 Å². The Kier molecular flexibility index (Phi) is 6.32. The number of piperidine rings is 1. The van der Waals surface area contributed by atoms with Crippen LogP contribution in [0.1, 0.15) is 47.4 Å². The summed E-state index contributed by atoms with van der Waals surface area (Å²) < 4.78 is 0. The highest BCUT2D eigenvalue weighted by atomic mass is 16.2. The minimum absolute atomic E-state index is 0.0296. The molecule has 2 N–H and O–H groups in total. The highest BCUT2D eigenvalue weighted by Gasteiger charge is 2.44. The second kappa shape index (κ2) is 8.73. The Morgan fingerprint density at radius 3 is 2.10 bits per heavy atom. The van der Waals surface area contributed by atoms with E-state index in [1.165, 1.54) is 0 Å². The van der Waals surface area contributed by atoms with Crippen LogP contribution in [0.5, 0.6) is 0 Å². The number of hydrogen-bond donors (Lipinski definition) is 2. The van der Waals surface area contributed by atoms with Crippen molar-refractivity contribution in [1.29, 1.82) is 0 Å². The second-order valence-electron chi connectivity index (χ2n) is 7.95. The summed E-state index contributed by atoms with van der Waals surface area (Å²) in [4.78, 5) is 53.3. The molecule has 2 heterocycles. The predicted molar refractivity (Wildman–Crippen MR) is 107 cm³/mol. The molecular formula is C21H28N4O4. The zero-order valence-electron chi connectivity index (χ0n) is 17.1. The van der Waals surface area contributed by atoms with E-state index in [9.17, 15) is 19.2 Å². The van der Waals surface area contributed by atoms with Crippen LogP contribution in [0.3, 0.4) is 0 Å². The molecule has 8 heteroatoms. The Labute approximate surface area is 170 Å². The van der Waals surface area contributed by atoms with Gasteiger partial charge in [0.25, 0.3) is 11.8 Å². The molecule has 1 aromatic carbocycles. The van der Waals surface area contributed by atoms with Crippen molar-refractivity contribution in [3.63, 3.8) is 0 Å². The molecule has 0 saturated carbocycles. The molecule has 0 aromatic heterocycles. The number of nitrogens with one attached hydrogen (secondary N) is 2. The van der Waals surface area contributed by atoms with Crippen molar-refractivity contribution in [2.24, 2.45) is 5.92 Å². The van der Waals surface area contributed by atoms with Gasteiger partial charge in [0.05, 0.1) is 17.7 Å². The van der Waals surface area contributed by atoms with Crippen LogP contribution in [0.2, 0.25) is 0 Å². The fourth-order valence-corrected chi connectivity index (χ4v) is 3.98. The van der Waals surface area contributed by atoms with Gasteiger partial charge in [0.1, 0.15) is 6.04 Å².